The van der Waals surface area contributed by atoms with Gasteiger partial charge in [0.05, 0.1) is 11.3 Å². The molecule has 2 heterocycles. The van der Waals surface area contributed by atoms with Gasteiger partial charge in [0.2, 0.25) is 0 Å². The molecule has 1 aromatic rings. The molecule has 0 aromatic carbocycles. The van der Waals surface area contributed by atoms with E-state index in [1.807, 2.05) is 27.7 Å². The van der Waals surface area contributed by atoms with Crippen LogP contribution in [-0.4, -0.2) is 45.7 Å². The maximum atomic E-state index is 12.4. The highest BCUT2D eigenvalue weighted by atomic mass is 16.6. The Morgan fingerprint density at radius 2 is 2.16 bits per heavy atom. The summed E-state index contributed by atoms with van der Waals surface area (Å²) < 4.78 is 5.28. The molecule has 1 aliphatic heterocycles. The summed E-state index contributed by atoms with van der Waals surface area (Å²) >= 11 is 0. The molecule has 1 atom stereocenters. The number of hydrogen-bond donors (Lipinski definition) is 2. The number of hydrogen-bond acceptors (Lipinski definition) is 5. The monoisotopic (exact) mass is 348 g/mol. The van der Waals surface area contributed by atoms with Crippen LogP contribution < -0.4 is 10.9 Å². The average Bonchev–Trinajstić information content (AvgIpc) is 3.30. The lowest BCUT2D eigenvalue weighted by atomic mass is 10.1. The van der Waals surface area contributed by atoms with Crippen molar-refractivity contribution in [2.45, 2.75) is 71.1 Å². The maximum absolute atomic E-state index is 12.4. The van der Waals surface area contributed by atoms with Crippen LogP contribution in [0.4, 0.5) is 4.79 Å². The lowest BCUT2D eigenvalue weighted by Crippen LogP contribution is -2.46. The van der Waals surface area contributed by atoms with E-state index in [2.05, 4.69) is 20.2 Å². The first kappa shape index (κ1) is 17.9. The number of nitrogens with zero attached hydrogens (tertiary/aromatic N) is 2. The molecule has 1 amide bonds. The molecule has 7 nitrogen and oxygen atoms in total. The summed E-state index contributed by atoms with van der Waals surface area (Å²) in [4.78, 5) is 34.0. The minimum atomic E-state index is -0.508. The van der Waals surface area contributed by atoms with E-state index >= 15 is 0 Å². The number of carbonyl (C=O) groups excluding carboxylic acids is 1. The summed E-state index contributed by atoms with van der Waals surface area (Å²) in [5, 5.41) is 2.85. The fraction of sp³-hybridized carbons (Fsp3) is 0.722. The number of alkyl carbamates (subject to hydrolysis) is 1. The molecule has 0 saturated heterocycles. The third kappa shape index (κ3) is 4.81. The standard InChI is InChI=1S/C18H28N4O3/c1-11(19-17(24)25-18(2,3)4)9-22-8-7-14-13(10-22)16(23)21-15(20-14)12-5-6-12/h11-12H,5-10H2,1-4H3,(H,19,24)(H,20,21,23). The van der Waals surface area contributed by atoms with Crippen LogP contribution in [0.1, 0.15) is 63.5 Å². The Kier molecular flexibility index (Phi) is 4.86. The zero-order chi connectivity index (χ0) is 18.2. The van der Waals surface area contributed by atoms with Gasteiger partial charge in [-0.05, 0) is 40.5 Å². The van der Waals surface area contributed by atoms with Gasteiger partial charge in [-0.1, -0.05) is 0 Å². The van der Waals surface area contributed by atoms with Crippen molar-refractivity contribution in [3.8, 4) is 0 Å². The molecule has 3 rings (SSSR count). The van der Waals surface area contributed by atoms with Crippen LogP contribution in [-0.2, 0) is 17.7 Å². The summed E-state index contributed by atoms with van der Waals surface area (Å²) in [6.07, 6.45) is 2.62. The molecule has 0 spiro atoms. The lowest BCUT2D eigenvalue weighted by molar-refractivity contribution is 0.0495. The molecule has 1 aromatic heterocycles. The first-order valence-corrected chi connectivity index (χ1v) is 9.05. The normalized spacial score (nSPS) is 19.2. The van der Waals surface area contributed by atoms with Crippen molar-refractivity contribution in [2.24, 2.45) is 0 Å². The second kappa shape index (κ2) is 6.78. The van der Waals surface area contributed by atoms with Gasteiger partial charge < -0.3 is 15.0 Å². The van der Waals surface area contributed by atoms with Gasteiger partial charge in [0.15, 0.2) is 0 Å². The van der Waals surface area contributed by atoms with Crippen molar-refractivity contribution in [1.82, 2.24) is 20.2 Å². The van der Waals surface area contributed by atoms with Crippen molar-refractivity contribution in [3.05, 3.63) is 27.4 Å². The van der Waals surface area contributed by atoms with Crippen molar-refractivity contribution in [1.29, 1.82) is 0 Å². The topological polar surface area (TPSA) is 87.3 Å². The molecule has 7 heteroatoms. The van der Waals surface area contributed by atoms with Gasteiger partial charge in [-0.2, -0.15) is 0 Å². The second-order valence-electron chi connectivity index (χ2n) is 8.18. The van der Waals surface area contributed by atoms with Crippen molar-refractivity contribution in [3.63, 3.8) is 0 Å². The molecule has 138 valence electrons. The molecule has 0 radical (unpaired) electrons. The number of ether oxygens (including phenoxy) is 1. The Hall–Kier alpha value is -1.89. The van der Waals surface area contributed by atoms with Gasteiger partial charge in [0, 0.05) is 38.0 Å². The largest absolute Gasteiger partial charge is 0.444 e. The Bertz CT molecular complexity index is 703. The molecule has 2 N–H and O–H groups in total. The third-order valence-corrected chi connectivity index (χ3v) is 4.43. The van der Waals surface area contributed by atoms with Gasteiger partial charge in [-0.15, -0.1) is 0 Å². The lowest BCUT2D eigenvalue weighted by Gasteiger charge is -2.30. The van der Waals surface area contributed by atoms with Crippen LogP contribution in [0.2, 0.25) is 0 Å². The highest BCUT2D eigenvalue weighted by Crippen LogP contribution is 2.37. The van der Waals surface area contributed by atoms with Crippen LogP contribution in [0, 0.1) is 0 Å². The molecular formula is C18H28N4O3. The molecule has 1 fully saturated rings. The van der Waals surface area contributed by atoms with Gasteiger partial charge >= 0.3 is 6.09 Å². The summed E-state index contributed by atoms with van der Waals surface area (Å²) in [5.74, 6) is 1.31. The van der Waals surface area contributed by atoms with E-state index in [9.17, 15) is 9.59 Å². The number of nitrogens with one attached hydrogen (secondary N) is 2. The minimum Gasteiger partial charge on any atom is -0.444 e. The van der Waals surface area contributed by atoms with Gasteiger partial charge in [0.1, 0.15) is 11.4 Å². The molecule has 1 aliphatic carbocycles. The average molecular weight is 348 g/mol. The molecule has 25 heavy (non-hydrogen) atoms. The fourth-order valence-electron chi connectivity index (χ4n) is 3.15. The zero-order valence-corrected chi connectivity index (χ0v) is 15.5. The number of amides is 1. The van der Waals surface area contributed by atoms with Gasteiger partial charge in [-0.25, -0.2) is 9.78 Å². The van der Waals surface area contributed by atoms with E-state index in [0.29, 0.717) is 19.0 Å². The Balaban J connectivity index is 1.57. The van der Waals surface area contributed by atoms with Crippen molar-refractivity contribution >= 4 is 6.09 Å². The summed E-state index contributed by atoms with van der Waals surface area (Å²) in [7, 11) is 0. The number of fused-ring (bicyclic) bond motifs is 1. The van der Waals surface area contributed by atoms with E-state index in [1.165, 1.54) is 0 Å². The minimum absolute atomic E-state index is 0.00986. The van der Waals surface area contributed by atoms with Crippen molar-refractivity contribution in [2.75, 3.05) is 13.1 Å². The van der Waals surface area contributed by atoms with E-state index < -0.39 is 11.7 Å². The first-order valence-electron chi connectivity index (χ1n) is 9.05. The Labute approximate surface area is 148 Å². The van der Waals surface area contributed by atoms with Crippen LogP contribution in [0.5, 0.6) is 0 Å². The maximum Gasteiger partial charge on any atom is 0.407 e. The summed E-state index contributed by atoms with van der Waals surface area (Å²) in [6, 6.07) is -0.0609. The quantitative estimate of drug-likeness (QED) is 0.868. The number of carbonyl (C=O) groups is 1. The van der Waals surface area contributed by atoms with Crippen molar-refractivity contribution < 1.29 is 9.53 Å². The smallest absolute Gasteiger partial charge is 0.407 e. The first-order chi connectivity index (χ1) is 11.7. The highest BCUT2D eigenvalue weighted by Gasteiger charge is 2.29. The number of aromatic amines is 1. The van der Waals surface area contributed by atoms with Crippen LogP contribution in [0.25, 0.3) is 0 Å². The summed E-state index contributed by atoms with van der Waals surface area (Å²) in [6.45, 7) is 9.55. The predicted octanol–water partition coefficient (Wildman–Crippen LogP) is 1.92. The predicted molar refractivity (Wildman–Crippen MR) is 94.6 cm³/mol. The van der Waals surface area contributed by atoms with E-state index in [4.69, 9.17) is 4.74 Å². The highest BCUT2D eigenvalue weighted by molar-refractivity contribution is 5.68. The van der Waals surface area contributed by atoms with Gasteiger partial charge in [-0.3, -0.25) is 9.69 Å². The zero-order valence-electron chi connectivity index (χ0n) is 15.5. The number of H-pyrrole nitrogens is 1. The van der Waals surface area contributed by atoms with Gasteiger partial charge in [0.25, 0.3) is 5.56 Å². The number of aromatic nitrogens is 2. The molecule has 2 aliphatic rings. The molecular weight excluding hydrogens is 320 g/mol. The number of rotatable bonds is 4. The van der Waals surface area contributed by atoms with Crippen LogP contribution >= 0.6 is 0 Å². The van der Waals surface area contributed by atoms with Crippen LogP contribution in [0.15, 0.2) is 4.79 Å². The van der Waals surface area contributed by atoms with Crippen LogP contribution in [0.3, 0.4) is 0 Å². The second-order valence-corrected chi connectivity index (χ2v) is 8.18. The van der Waals surface area contributed by atoms with E-state index in [-0.39, 0.29) is 11.6 Å². The van der Waals surface area contributed by atoms with E-state index in [0.717, 1.165) is 42.9 Å². The molecule has 1 saturated carbocycles. The molecule has 0 bridgehead atoms. The summed E-state index contributed by atoms with van der Waals surface area (Å²) in [5.41, 5.74) is 1.19. The van der Waals surface area contributed by atoms with E-state index in [1.54, 1.807) is 0 Å². The Morgan fingerprint density at radius 1 is 1.44 bits per heavy atom. The Morgan fingerprint density at radius 3 is 2.80 bits per heavy atom. The molecule has 1 unspecified atom stereocenters. The third-order valence-electron chi connectivity index (χ3n) is 4.43. The SMILES string of the molecule is CC(CN1CCc2nc(C3CC3)[nH]c(=O)c2C1)NC(=O)OC(C)(C)C. The fourth-order valence-corrected chi connectivity index (χ4v) is 3.15.